The third-order valence-corrected chi connectivity index (χ3v) is 7.63. The van der Waals surface area contributed by atoms with Crippen molar-refractivity contribution in [3.05, 3.63) is 48.0 Å². The van der Waals surface area contributed by atoms with Gasteiger partial charge in [0.1, 0.15) is 5.82 Å². The highest BCUT2D eigenvalue weighted by molar-refractivity contribution is 7.91. The van der Waals surface area contributed by atoms with E-state index in [1.54, 1.807) is 19.1 Å². The first-order valence-electron chi connectivity index (χ1n) is 10.6. The molecule has 4 rings (SSSR count). The Balaban J connectivity index is 1.79. The lowest BCUT2D eigenvalue weighted by molar-refractivity contribution is -0.909. The van der Waals surface area contributed by atoms with E-state index >= 15 is 0 Å². The predicted molar refractivity (Wildman–Crippen MR) is 116 cm³/mol. The first-order valence-corrected chi connectivity index (χ1v) is 12.1. The molecule has 0 radical (unpaired) electrons. The van der Waals surface area contributed by atoms with Gasteiger partial charge in [-0.15, -0.1) is 0 Å². The van der Waals surface area contributed by atoms with Gasteiger partial charge in [-0.2, -0.15) is 0 Å². The Labute approximate surface area is 183 Å². The largest absolute Gasteiger partial charge is 0.381 e. The van der Waals surface area contributed by atoms with E-state index in [0.717, 1.165) is 48.7 Å². The molecule has 8 heteroatoms. The summed E-state index contributed by atoms with van der Waals surface area (Å²) in [4.78, 5) is 5.22. The van der Waals surface area contributed by atoms with Gasteiger partial charge in [0.2, 0.25) is 21.7 Å². The molecule has 2 aromatic heterocycles. The van der Waals surface area contributed by atoms with Crippen LogP contribution in [0.3, 0.4) is 0 Å². The number of aryl methyl sites for hydroxylation is 1. The van der Waals surface area contributed by atoms with E-state index in [9.17, 15) is 13.6 Å². The van der Waals surface area contributed by atoms with Crippen molar-refractivity contribution >= 4 is 20.9 Å². The fourth-order valence-corrected chi connectivity index (χ4v) is 5.46. The van der Waals surface area contributed by atoms with Crippen molar-refractivity contribution in [1.82, 2.24) is 9.55 Å². The zero-order valence-corrected chi connectivity index (χ0v) is 19.3. The molecule has 0 saturated carbocycles. The Morgan fingerprint density at radius 3 is 2.48 bits per heavy atom. The standard InChI is InChI=1S/C23H30N3O4S/c1-16-13-19(7-10-26(16)27)31(28,29)18-5-6-21-20(14-18)24-22(23(2,3)4)25(21)15-17-8-11-30-12-9-17/h5-7,10,13-14,17,27H,8-9,11-12,15H2,1-4H3/q+1. The summed E-state index contributed by atoms with van der Waals surface area (Å²) in [6.45, 7) is 10.5. The Morgan fingerprint density at radius 2 is 1.84 bits per heavy atom. The topological polar surface area (TPSA) is 85.3 Å². The molecule has 31 heavy (non-hydrogen) atoms. The van der Waals surface area contributed by atoms with Crippen LogP contribution in [0.4, 0.5) is 0 Å². The lowest BCUT2D eigenvalue weighted by atomic mass is 9.94. The Morgan fingerprint density at radius 1 is 1.16 bits per heavy atom. The minimum atomic E-state index is -3.73. The monoisotopic (exact) mass is 444 g/mol. The third-order valence-electron chi connectivity index (χ3n) is 5.89. The van der Waals surface area contributed by atoms with Gasteiger partial charge in [0.15, 0.2) is 0 Å². The van der Waals surface area contributed by atoms with Gasteiger partial charge in [0.25, 0.3) is 0 Å². The number of aromatic nitrogens is 3. The van der Waals surface area contributed by atoms with E-state index in [0.29, 0.717) is 17.1 Å². The van der Waals surface area contributed by atoms with Crippen LogP contribution in [-0.2, 0) is 26.5 Å². The molecule has 1 fully saturated rings. The molecule has 0 atom stereocenters. The highest BCUT2D eigenvalue weighted by atomic mass is 32.2. The number of ether oxygens (including phenoxy) is 1. The van der Waals surface area contributed by atoms with Crippen LogP contribution >= 0.6 is 0 Å². The van der Waals surface area contributed by atoms with Crippen molar-refractivity contribution in [2.24, 2.45) is 5.92 Å². The maximum Gasteiger partial charge on any atom is 0.232 e. The smallest absolute Gasteiger partial charge is 0.232 e. The van der Waals surface area contributed by atoms with Crippen LogP contribution in [0.15, 0.2) is 46.3 Å². The van der Waals surface area contributed by atoms with Gasteiger partial charge in [-0.25, -0.2) is 13.4 Å². The van der Waals surface area contributed by atoms with Crippen LogP contribution in [0.1, 0.15) is 45.1 Å². The van der Waals surface area contributed by atoms with E-state index in [1.165, 1.54) is 18.3 Å². The highest BCUT2D eigenvalue weighted by Gasteiger charge is 2.27. The molecule has 0 unspecified atom stereocenters. The number of fused-ring (bicyclic) bond motifs is 1. The van der Waals surface area contributed by atoms with Crippen molar-refractivity contribution in [2.45, 2.75) is 62.3 Å². The molecule has 3 heterocycles. The van der Waals surface area contributed by atoms with Gasteiger partial charge in [-0.05, 0) is 37.0 Å². The van der Waals surface area contributed by atoms with Gasteiger partial charge in [-0.1, -0.05) is 20.8 Å². The number of benzene rings is 1. The second-order valence-electron chi connectivity index (χ2n) is 9.35. The van der Waals surface area contributed by atoms with E-state index in [2.05, 4.69) is 25.3 Å². The minimum Gasteiger partial charge on any atom is -0.381 e. The number of hydrogen-bond acceptors (Lipinski definition) is 5. The van der Waals surface area contributed by atoms with Crippen molar-refractivity contribution in [1.29, 1.82) is 0 Å². The molecular weight excluding hydrogens is 414 g/mol. The van der Waals surface area contributed by atoms with E-state index in [1.807, 2.05) is 6.07 Å². The average Bonchev–Trinajstić information content (AvgIpc) is 3.09. The van der Waals surface area contributed by atoms with Crippen LogP contribution < -0.4 is 4.73 Å². The van der Waals surface area contributed by atoms with Crippen molar-refractivity contribution in [3.63, 3.8) is 0 Å². The van der Waals surface area contributed by atoms with Crippen LogP contribution in [0.25, 0.3) is 11.0 Å². The molecule has 1 saturated heterocycles. The van der Waals surface area contributed by atoms with Gasteiger partial charge in [-0.3, -0.25) is 5.21 Å². The van der Waals surface area contributed by atoms with Crippen molar-refractivity contribution < 1.29 is 23.1 Å². The van der Waals surface area contributed by atoms with Gasteiger partial charge >= 0.3 is 0 Å². The molecule has 0 bridgehead atoms. The maximum absolute atomic E-state index is 13.2. The molecular formula is C23H30N3O4S+. The normalized spacial score (nSPS) is 16.1. The first-order chi connectivity index (χ1) is 14.6. The third kappa shape index (κ3) is 4.19. The Bertz CT molecular complexity index is 1220. The van der Waals surface area contributed by atoms with Gasteiger partial charge in [0.05, 0.1) is 20.8 Å². The fraction of sp³-hybridized carbons (Fsp3) is 0.478. The molecule has 1 aromatic carbocycles. The number of hydrogen-bond donors (Lipinski definition) is 1. The van der Waals surface area contributed by atoms with Crippen molar-refractivity contribution in [3.8, 4) is 0 Å². The lowest BCUT2D eigenvalue weighted by Crippen LogP contribution is -2.33. The fourth-order valence-electron chi connectivity index (χ4n) is 4.11. The number of rotatable bonds is 4. The summed E-state index contributed by atoms with van der Waals surface area (Å²) >= 11 is 0. The lowest BCUT2D eigenvalue weighted by Gasteiger charge is -2.26. The van der Waals surface area contributed by atoms with E-state index < -0.39 is 9.84 Å². The number of imidazole rings is 1. The number of sulfone groups is 1. The van der Waals surface area contributed by atoms with Crippen molar-refractivity contribution in [2.75, 3.05) is 13.2 Å². The molecule has 7 nitrogen and oxygen atoms in total. The zero-order chi connectivity index (χ0) is 22.4. The number of pyridine rings is 1. The maximum atomic E-state index is 13.2. The van der Waals surface area contributed by atoms with E-state index in [4.69, 9.17) is 9.72 Å². The summed E-state index contributed by atoms with van der Waals surface area (Å²) < 4.78 is 35.1. The SMILES string of the molecule is Cc1cc(S(=O)(=O)c2ccc3c(c2)nc(C(C)(C)C)n3CC2CCOCC2)cc[n+]1O. The molecule has 0 spiro atoms. The first kappa shape index (κ1) is 21.8. The zero-order valence-electron chi connectivity index (χ0n) is 18.5. The highest BCUT2D eigenvalue weighted by Crippen LogP contribution is 2.31. The van der Waals surface area contributed by atoms with Crippen LogP contribution in [0.5, 0.6) is 0 Å². The minimum absolute atomic E-state index is 0.146. The molecule has 0 amide bonds. The Kier molecular flexibility index (Phi) is 5.55. The molecule has 0 aliphatic carbocycles. The molecule has 1 aliphatic rings. The van der Waals surface area contributed by atoms with Crippen LogP contribution in [0, 0.1) is 12.8 Å². The van der Waals surface area contributed by atoms with E-state index in [-0.39, 0.29) is 15.2 Å². The summed E-state index contributed by atoms with van der Waals surface area (Å²) in [5.41, 5.74) is 1.91. The number of nitrogens with zero attached hydrogens (tertiary/aromatic N) is 3. The second-order valence-corrected chi connectivity index (χ2v) is 11.3. The average molecular weight is 445 g/mol. The summed E-state index contributed by atoms with van der Waals surface area (Å²) in [7, 11) is -3.73. The molecule has 1 aliphatic heterocycles. The summed E-state index contributed by atoms with van der Waals surface area (Å²) in [5.74, 6) is 1.48. The molecule has 3 aromatic rings. The summed E-state index contributed by atoms with van der Waals surface area (Å²) in [5, 5.41) is 9.67. The molecule has 166 valence electrons. The molecule has 1 N–H and O–H groups in total. The quantitative estimate of drug-likeness (QED) is 0.492. The van der Waals surface area contributed by atoms with Crippen LogP contribution in [-0.4, -0.2) is 36.4 Å². The van der Waals surface area contributed by atoms with Gasteiger partial charge < -0.3 is 9.30 Å². The second kappa shape index (κ2) is 7.91. The van der Waals surface area contributed by atoms with Gasteiger partial charge in [0, 0.05) is 49.0 Å². The summed E-state index contributed by atoms with van der Waals surface area (Å²) in [6.07, 6.45) is 3.38. The summed E-state index contributed by atoms with van der Waals surface area (Å²) in [6, 6.07) is 8.05. The Hall–Kier alpha value is -2.45. The predicted octanol–water partition coefficient (Wildman–Crippen LogP) is 3.43. The van der Waals surface area contributed by atoms with Crippen LogP contribution in [0.2, 0.25) is 0 Å².